The molecule has 1 aliphatic rings. The number of imidazole rings is 1. The summed E-state index contributed by atoms with van der Waals surface area (Å²) in [7, 11) is -2.01. The molecule has 0 radical (unpaired) electrons. The largest absolute Gasteiger partial charge is 0.340 e. The van der Waals surface area contributed by atoms with E-state index in [2.05, 4.69) is 4.98 Å². The highest BCUT2D eigenvalue weighted by Crippen LogP contribution is 2.21. The topological polar surface area (TPSA) is 75.5 Å². The number of nitrogens with zero attached hydrogens (tertiary/aromatic N) is 4. The van der Waals surface area contributed by atoms with Crippen LogP contribution in [0.4, 0.5) is 0 Å². The smallest absolute Gasteiger partial charge is 0.262 e. The minimum atomic E-state index is -3.72. The summed E-state index contributed by atoms with van der Waals surface area (Å²) in [6.07, 6.45) is 2.89. The van der Waals surface area contributed by atoms with Gasteiger partial charge in [-0.2, -0.15) is 4.31 Å². The molecule has 0 N–H and O–H groups in total. The summed E-state index contributed by atoms with van der Waals surface area (Å²) in [6.45, 7) is 7.09. The lowest BCUT2D eigenvalue weighted by molar-refractivity contribution is -0.138. The van der Waals surface area contributed by atoms with E-state index < -0.39 is 16.1 Å². The first-order chi connectivity index (χ1) is 9.73. The van der Waals surface area contributed by atoms with E-state index in [-0.39, 0.29) is 10.9 Å². The van der Waals surface area contributed by atoms with Crippen molar-refractivity contribution >= 4 is 15.9 Å². The Bertz CT molecular complexity index is 623. The Morgan fingerprint density at radius 2 is 2.05 bits per heavy atom. The second kappa shape index (κ2) is 5.76. The number of aromatic nitrogens is 2. The Morgan fingerprint density at radius 1 is 1.38 bits per heavy atom. The third kappa shape index (κ3) is 3.11. The Hall–Kier alpha value is -1.41. The van der Waals surface area contributed by atoms with E-state index in [0.29, 0.717) is 25.6 Å². The van der Waals surface area contributed by atoms with Crippen LogP contribution >= 0.6 is 0 Å². The molecular formula is C13H22N4O3S. The highest BCUT2D eigenvalue weighted by atomic mass is 32.2. The molecule has 0 aromatic carbocycles. The number of hydrogen-bond acceptors (Lipinski definition) is 4. The van der Waals surface area contributed by atoms with Crippen LogP contribution in [0.2, 0.25) is 0 Å². The lowest BCUT2D eigenvalue weighted by Gasteiger charge is -2.38. The summed E-state index contributed by atoms with van der Waals surface area (Å²) in [4.78, 5) is 18.0. The minimum absolute atomic E-state index is 0.0121. The maximum Gasteiger partial charge on any atom is 0.262 e. The number of aryl methyl sites for hydroxylation is 1. The van der Waals surface area contributed by atoms with E-state index in [4.69, 9.17) is 0 Å². The van der Waals surface area contributed by atoms with Crippen molar-refractivity contribution in [3.05, 3.63) is 12.5 Å². The standard InChI is InChI=1S/C13H22N4O3S/c1-10(2)7-16-5-6-17(11(3)13(16)18)21(19,20)12-8-15(4)9-14-12/h8-11H,5-7H2,1-4H3. The summed E-state index contributed by atoms with van der Waals surface area (Å²) in [6, 6.07) is -0.690. The quantitative estimate of drug-likeness (QED) is 0.801. The third-order valence-corrected chi connectivity index (χ3v) is 5.39. The van der Waals surface area contributed by atoms with Gasteiger partial charge in [0, 0.05) is 32.9 Å². The molecule has 1 aromatic rings. The second-order valence-electron chi connectivity index (χ2n) is 5.85. The molecule has 1 unspecified atom stereocenters. The van der Waals surface area contributed by atoms with Crippen LogP contribution in [-0.4, -0.2) is 58.8 Å². The fraction of sp³-hybridized carbons (Fsp3) is 0.692. The normalized spacial score (nSPS) is 21.3. The fourth-order valence-corrected chi connectivity index (χ4v) is 4.05. The number of amides is 1. The predicted molar refractivity (Wildman–Crippen MR) is 78.0 cm³/mol. The van der Waals surface area contributed by atoms with Crippen LogP contribution in [0, 0.1) is 5.92 Å². The lowest BCUT2D eigenvalue weighted by atomic mass is 10.1. The van der Waals surface area contributed by atoms with Crippen molar-refractivity contribution in [1.82, 2.24) is 18.8 Å². The van der Waals surface area contributed by atoms with Gasteiger partial charge in [-0.25, -0.2) is 13.4 Å². The van der Waals surface area contributed by atoms with Crippen LogP contribution in [0.3, 0.4) is 0 Å². The van der Waals surface area contributed by atoms with Crippen molar-refractivity contribution in [3.8, 4) is 0 Å². The molecule has 0 aliphatic carbocycles. The minimum Gasteiger partial charge on any atom is -0.340 e. The average Bonchev–Trinajstić information content (AvgIpc) is 2.82. The van der Waals surface area contributed by atoms with Gasteiger partial charge in [0.05, 0.1) is 6.33 Å². The molecule has 1 aliphatic heterocycles. The second-order valence-corrected chi connectivity index (χ2v) is 7.68. The molecule has 1 fully saturated rings. The van der Waals surface area contributed by atoms with Crippen LogP contribution in [0.5, 0.6) is 0 Å². The Balaban J connectivity index is 2.21. The van der Waals surface area contributed by atoms with Crippen molar-refractivity contribution in [3.63, 3.8) is 0 Å². The van der Waals surface area contributed by atoms with Gasteiger partial charge in [-0.15, -0.1) is 0 Å². The molecule has 8 heteroatoms. The molecule has 2 heterocycles. The Kier molecular flexibility index (Phi) is 4.38. The van der Waals surface area contributed by atoms with Crippen LogP contribution in [0.15, 0.2) is 17.6 Å². The van der Waals surface area contributed by atoms with Crippen LogP contribution in [0.25, 0.3) is 0 Å². The van der Waals surface area contributed by atoms with Gasteiger partial charge >= 0.3 is 0 Å². The van der Waals surface area contributed by atoms with Crippen molar-refractivity contribution in [1.29, 1.82) is 0 Å². The molecule has 0 spiro atoms. The monoisotopic (exact) mass is 314 g/mol. The molecule has 1 aromatic heterocycles. The molecule has 1 atom stereocenters. The molecule has 21 heavy (non-hydrogen) atoms. The van der Waals surface area contributed by atoms with E-state index in [1.54, 1.807) is 23.4 Å². The van der Waals surface area contributed by atoms with Gasteiger partial charge in [0.15, 0.2) is 5.03 Å². The maximum absolute atomic E-state index is 12.6. The number of hydrogen-bond donors (Lipinski definition) is 0. The lowest BCUT2D eigenvalue weighted by Crippen LogP contribution is -2.58. The number of rotatable bonds is 4. The van der Waals surface area contributed by atoms with E-state index >= 15 is 0 Å². The average molecular weight is 314 g/mol. The first kappa shape index (κ1) is 16.0. The fourth-order valence-electron chi connectivity index (χ4n) is 2.50. The highest BCUT2D eigenvalue weighted by molar-refractivity contribution is 7.89. The van der Waals surface area contributed by atoms with Crippen LogP contribution < -0.4 is 0 Å². The van der Waals surface area contributed by atoms with E-state index in [9.17, 15) is 13.2 Å². The van der Waals surface area contributed by atoms with Gasteiger partial charge in [0.25, 0.3) is 10.0 Å². The van der Waals surface area contributed by atoms with Gasteiger partial charge < -0.3 is 9.47 Å². The van der Waals surface area contributed by atoms with Crippen molar-refractivity contribution in [2.45, 2.75) is 31.8 Å². The maximum atomic E-state index is 12.6. The summed E-state index contributed by atoms with van der Waals surface area (Å²) in [5.74, 6) is 0.217. The van der Waals surface area contributed by atoms with E-state index in [1.165, 1.54) is 16.8 Å². The molecule has 1 amide bonds. The Morgan fingerprint density at radius 3 is 2.57 bits per heavy atom. The molecule has 2 rings (SSSR count). The number of piperazine rings is 1. The van der Waals surface area contributed by atoms with Gasteiger partial charge in [0.1, 0.15) is 6.04 Å². The van der Waals surface area contributed by atoms with Crippen molar-refractivity contribution < 1.29 is 13.2 Å². The summed E-state index contributed by atoms with van der Waals surface area (Å²) >= 11 is 0. The zero-order chi connectivity index (χ0) is 15.8. The number of sulfonamides is 1. The van der Waals surface area contributed by atoms with Gasteiger partial charge in [-0.05, 0) is 12.8 Å². The molecule has 1 saturated heterocycles. The van der Waals surface area contributed by atoms with Gasteiger partial charge in [0.2, 0.25) is 5.91 Å². The number of carbonyl (C=O) groups excluding carboxylic acids is 1. The SMILES string of the molecule is CC(C)CN1CCN(S(=O)(=O)c2cn(C)cn2)C(C)C1=O. The van der Waals surface area contributed by atoms with Crippen LogP contribution in [-0.2, 0) is 21.9 Å². The summed E-state index contributed by atoms with van der Waals surface area (Å²) in [5, 5.41) is -0.0121. The predicted octanol–water partition coefficient (Wildman–Crippen LogP) is 0.297. The zero-order valence-electron chi connectivity index (χ0n) is 12.9. The molecular weight excluding hydrogens is 292 g/mol. The first-order valence-corrected chi connectivity index (χ1v) is 8.46. The van der Waals surface area contributed by atoms with Crippen molar-refractivity contribution in [2.24, 2.45) is 13.0 Å². The van der Waals surface area contributed by atoms with E-state index in [1.807, 2.05) is 13.8 Å². The van der Waals surface area contributed by atoms with Crippen LogP contribution in [0.1, 0.15) is 20.8 Å². The zero-order valence-corrected chi connectivity index (χ0v) is 13.7. The molecule has 0 saturated carbocycles. The van der Waals surface area contributed by atoms with E-state index in [0.717, 1.165) is 0 Å². The van der Waals surface area contributed by atoms with Gasteiger partial charge in [-0.1, -0.05) is 13.8 Å². The molecule has 118 valence electrons. The van der Waals surface area contributed by atoms with Gasteiger partial charge in [-0.3, -0.25) is 4.79 Å². The molecule has 0 bridgehead atoms. The highest BCUT2D eigenvalue weighted by Gasteiger charge is 2.39. The summed E-state index contributed by atoms with van der Waals surface area (Å²) < 4.78 is 28.0. The molecule has 7 nitrogen and oxygen atoms in total. The van der Waals surface area contributed by atoms with Crippen molar-refractivity contribution in [2.75, 3.05) is 19.6 Å². The first-order valence-electron chi connectivity index (χ1n) is 7.02. The number of carbonyl (C=O) groups is 1. The Labute approximate surface area is 125 Å². The summed E-state index contributed by atoms with van der Waals surface area (Å²) in [5.41, 5.74) is 0. The third-order valence-electron chi connectivity index (χ3n) is 3.53.